The van der Waals surface area contributed by atoms with Crippen LogP contribution in [0, 0.1) is 10.1 Å². The molecule has 0 aliphatic carbocycles. The highest BCUT2D eigenvalue weighted by Crippen LogP contribution is 2.40. The van der Waals surface area contributed by atoms with E-state index in [9.17, 15) is 15.2 Å². The Morgan fingerprint density at radius 3 is 1.71 bits per heavy atom. The molecule has 0 amide bonds. The van der Waals surface area contributed by atoms with Gasteiger partial charge in [-0.05, 0) is 16.7 Å². The first-order valence-electron chi connectivity index (χ1n) is 10.1. The van der Waals surface area contributed by atoms with Crippen molar-refractivity contribution in [2.75, 3.05) is 6.61 Å². The van der Waals surface area contributed by atoms with Crippen LogP contribution in [0.15, 0.2) is 104 Å². The normalized spacial score (nSPS) is 12.4. The standard InChI is InChI=1S/C25H23N3O3/c29-18-24(28(30)31)16-23-17-27(19-26-23)25(20-10-4-1-5-11-20,21-12-6-2-7-13-21)22-14-8-3-9-15-22/h1-15,17,19,24,29H,16,18H2. The molecule has 1 N–H and O–H groups in total. The monoisotopic (exact) mass is 413 g/mol. The molecule has 4 rings (SSSR count). The van der Waals surface area contributed by atoms with Gasteiger partial charge in [0.1, 0.15) is 12.1 Å². The lowest BCUT2D eigenvalue weighted by Gasteiger charge is -2.37. The molecule has 1 unspecified atom stereocenters. The zero-order valence-electron chi connectivity index (χ0n) is 16.9. The van der Waals surface area contributed by atoms with Crippen molar-refractivity contribution in [3.05, 3.63) is 136 Å². The SMILES string of the molecule is O=[N+]([O-])C(CO)Cc1cn(C(c2ccccc2)(c2ccccc2)c2ccccc2)cn1. The number of aliphatic hydroxyl groups is 1. The van der Waals surface area contributed by atoms with Crippen LogP contribution in [-0.2, 0) is 12.0 Å². The van der Waals surface area contributed by atoms with Crippen LogP contribution in [0.1, 0.15) is 22.4 Å². The van der Waals surface area contributed by atoms with Crippen LogP contribution in [0.4, 0.5) is 0 Å². The number of nitrogens with zero attached hydrogens (tertiary/aromatic N) is 3. The Morgan fingerprint density at radius 2 is 1.32 bits per heavy atom. The van der Waals surface area contributed by atoms with Gasteiger partial charge in [-0.3, -0.25) is 10.1 Å². The van der Waals surface area contributed by atoms with E-state index in [0.29, 0.717) is 5.69 Å². The molecule has 0 saturated heterocycles. The van der Waals surface area contributed by atoms with Crippen LogP contribution in [0.5, 0.6) is 0 Å². The quantitative estimate of drug-likeness (QED) is 0.270. The van der Waals surface area contributed by atoms with Crippen LogP contribution in [0.3, 0.4) is 0 Å². The predicted octanol–water partition coefficient (Wildman–Crippen LogP) is 3.90. The highest BCUT2D eigenvalue weighted by atomic mass is 16.6. The molecule has 6 heteroatoms. The van der Waals surface area contributed by atoms with E-state index in [0.717, 1.165) is 16.7 Å². The summed E-state index contributed by atoms with van der Waals surface area (Å²) in [5.41, 5.74) is 2.99. The molecule has 3 aromatic carbocycles. The van der Waals surface area contributed by atoms with Gasteiger partial charge in [-0.25, -0.2) is 4.98 Å². The molecular formula is C25H23N3O3. The maximum atomic E-state index is 11.2. The second kappa shape index (κ2) is 8.93. The van der Waals surface area contributed by atoms with E-state index in [1.54, 1.807) is 6.33 Å². The van der Waals surface area contributed by atoms with E-state index < -0.39 is 23.1 Å². The highest BCUT2D eigenvalue weighted by molar-refractivity contribution is 5.50. The maximum Gasteiger partial charge on any atom is 0.241 e. The summed E-state index contributed by atoms with van der Waals surface area (Å²) in [7, 11) is 0. The maximum absolute atomic E-state index is 11.2. The summed E-state index contributed by atoms with van der Waals surface area (Å²) < 4.78 is 2.01. The van der Waals surface area contributed by atoms with Gasteiger partial charge < -0.3 is 9.67 Å². The molecule has 0 aliphatic heterocycles. The minimum atomic E-state index is -1.08. The molecule has 156 valence electrons. The molecule has 4 aromatic rings. The third kappa shape index (κ3) is 3.85. The molecule has 6 nitrogen and oxygen atoms in total. The van der Waals surface area contributed by atoms with Gasteiger partial charge in [-0.15, -0.1) is 0 Å². The van der Waals surface area contributed by atoms with Crippen molar-refractivity contribution in [1.82, 2.24) is 9.55 Å². The molecular weight excluding hydrogens is 390 g/mol. The number of rotatable bonds is 8. The van der Waals surface area contributed by atoms with E-state index in [1.165, 1.54) is 0 Å². The fourth-order valence-electron chi connectivity index (χ4n) is 4.08. The minimum Gasteiger partial charge on any atom is -0.389 e. The second-order valence-corrected chi connectivity index (χ2v) is 7.41. The van der Waals surface area contributed by atoms with Crippen molar-refractivity contribution < 1.29 is 10.0 Å². The van der Waals surface area contributed by atoms with Gasteiger partial charge in [-0.1, -0.05) is 91.0 Å². The van der Waals surface area contributed by atoms with E-state index in [2.05, 4.69) is 41.4 Å². The predicted molar refractivity (Wildman–Crippen MR) is 118 cm³/mol. The fourth-order valence-corrected chi connectivity index (χ4v) is 4.08. The van der Waals surface area contributed by atoms with Gasteiger partial charge >= 0.3 is 0 Å². The molecule has 0 saturated carbocycles. The van der Waals surface area contributed by atoms with E-state index in [1.807, 2.05) is 65.4 Å². The van der Waals surface area contributed by atoms with Gasteiger partial charge in [0.25, 0.3) is 0 Å². The Labute approximate surface area is 180 Å². The first-order chi connectivity index (χ1) is 15.2. The smallest absolute Gasteiger partial charge is 0.241 e. The van der Waals surface area contributed by atoms with Crippen LogP contribution in [-0.4, -0.2) is 32.2 Å². The van der Waals surface area contributed by atoms with Crippen molar-refractivity contribution in [1.29, 1.82) is 0 Å². The number of hydrogen-bond acceptors (Lipinski definition) is 4. The van der Waals surface area contributed by atoms with Crippen molar-refractivity contribution in [3.63, 3.8) is 0 Å². The molecule has 0 bridgehead atoms. The summed E-state index contributed by atoms with van der Waals surface area (Å²) in [6.07, 6.45) is 3.63. The summed E-state index contributed by atoms with van der Waals surface area (Å²) >= 11 is 0. The van der Waals surface area contributed by atoms with Crippen molar-refractivity contribution in [3.8, 4) is 0 Å². The Balaban J connectivity index is 1.95. The summed E-state index contributed by atoms with van der Waals surface area (Å²) in [5.74, 6) is 0. The highest BCUT2D eigenvalue weighted by Gasteiger charge is 2.38. The molecule has 31 heavy (non-hydrogen) atoms. The lowest BCUT2D eigenvalue weighted by Crippen LogP contribution is -2.37. The van der Waals surface area contributed by atoms with Crippen LogP contribution in [0.2, 0.25) is 0 Å². The zero-order chi connectivity index (χ0) is 21.7. The third-order valence-electron chi connectivity index (χ3n) is 5.55. The van der Waals surface area contributed by atoms with Crippen molar-refractivity contribution in [2.45, 2.75) is 18.0 Å². The van der Waals surface area contributed by atoms with E-state index in [4.69, 9.17) is 0 Å². The first-order valence-corrected chi connectivity index (χ1v) is 10.1. The Morgan fingerprint density at radius 1 is 0.871 bits per heavy atom. The van der Waals surface area contributed by atoms with Crippen LogP contribution < -0.4 is 0 Å². The zero-order valence-corrected chi connectivity index (χ0v) is 16.9. The van der Waals surface area contributed by atoms with E-state index >= 15 is 0 Å². The third-order valence-corrected chi connectivity index (χ3v) is 5.55. The second-order valence-electron chi connectivity index (χ2n) is 7.41. The number of benzene rings is 3. The summed E-state index contributed by atoms with van der Waals surface area (Å²) in [5, 5.41) is 20.6. The average molecular weight is 413 g/mol. The van der Waals surface area contributed by atoms with Gasteiger partial charge in [0.15, 0.2) is 0 Å². The number of aliphatic hydroxyl groups excluding tert-OH is 1. The Hall–Kier alpha value is -3.77. The fraction of sp³-hybridized carbons (Fsp3) is 0.160. The number of aromatic nitrogens is 2. The summed E-state index contributed by atoms with van der Waals surface area (Å²) in [6, 6.07) is 29.3. The lowest BCUT2D eigenvalue weighted by molar-refractivity contribution is -0.525. The average Bonchev–Trinajstić information content (AvgIpc) is 3.29. The molecule has 0 aliphatic rings. The molecule has 0 spiro atoms. The van der Waals surface area contributed by atoms with Crippen molar-refractivity contribution >= 4 is 0 Å². The molecule has 1 heterocycles. The number of nitro groups is 1. The lowest BCUT2D eigenvalue weighted by atomic mass is 9.77. The molecule has 1 aromatic heterocycles. The summed E-state index contributed by atoms with van der Waals surface area (Å²) in [6.45, 7) is -0.527. The van der Waals surface area contributed by atoms with E-state index in [-0.39, 0.29) is 6.42 Å². The molecule has 0 fully saturated rings. The molecule has 1 atom stereocenters. The Kier molecular flexibility index (Phi) is 5.91. The topological polar surface area (TPSA) is 81.2 Å². The largest absolute Gasteiger partial charge is 0.389 e. The van der Waals surface area contributed by atoms with Gasteiger partial charge in [0.2, 0.25) is 6.04 Å². The van der Waals surface area contributed by atoms with Gasteiger partial charge in [-0.2, -0.15) is 0 Å². The minimum absolute atomic E-state index is 0.0605. The number of imidazole rings is 1. The Bertz CT molecular complexity index is 1030. The molecule has 0 radical (unpaired) electrons. The van der Waals surface area contributed by atoms with Crippen LogP contribution >= 0.6 is 0 Å². The number of hydrogen-bond donors (Lipinski definition) is 1. The summed E-state index contributed by atoms with van der Waals surface area (Å²) in [4.78, 5) is 15.2. The first kappa shape index (κ1) is 20.5. The van der Waals surface area contributed by atoms with Gasteiger partial charge in [0.05, 0.1) is 18.4 Å². The van der Waals surface area contributed by atoms with Crippen LogP contribution in [0.25, 0.3) is 0 Å². The van der Waals surface area contributed by atoms with Crippen molar-refractivity contribution in [2.24, 2.45) is 0 Å². The van der Waals surface area contributed by atoms with Gasteiger partial charge in [0, 0.05) is 11.1 Å².